The van der Waals surface area contributed by atoms with Crippen LogP contribution in [0.5, 0.6) is 0 Å². The molecule has 0 aliphatic heterocycles. The third-order valence-electron chi connectivity index (χ3n) is 1.24. The van der Waals surface area contributed by atoms with Gasteiger partial charge in [-0.05, 0) is 0 Å². The van der Waals surface area contributed by atoms with Gasteiger partial charge in [0.2, 0.25) is 0 Å². The van der Waals surface area contributed by atoms with Crippen LogP contribution in [0.15, 0.2) is 0 Å². The molecule has 0 aliphatic rings. The van der Waals surface area contributed by atoms with Crippen molar-refractivity contribution in [3.8, 4) is 0 Å². The molecule has 0 heterocycles. The molecule has 0 saturated carbocycles. The Morgan fingerprint density at radius 3 is 1.18 bits per heavy atom. The summed E-state index contributed by atoms with van der Waals surface area (Å²) in [6.45, 7) is 13.3. The fraction of sp³-hybridized carbons (Fsp3) is 1.00. The van der Waals surface area contributed by atoms with E-state index in [1.54, 1.807) is 0 Å². The van der Waals surface area contributed by atoms with Gasteiger partial charge >= 0.3 is 77.0 Å². The molecule has 0 rings (SSSR count). The zero-order valence-corrected chi connectivity index (χ0v) is 11.7. The Kier molecular flexibility index (Phi) is 4.08. The topological polar surface area (TPSA) is 24.1 Å². The van der Waals surface area contributed by atoms with Crippen molar-refractivity contribution >= 4 is 15.9 Å². The van der Waals surface area contributed by atoms with Crippen molar-refractivity contribution in [3.63, 3.8) is 0 Å². The predicted molar refractivity (Wildman–Crippen MR) is 54.3 cm³/mol. The number of rotatable bonds is 2. The zero-order valence-electron chi connectivity index (χ0n) is 8.71. The van der Waals surface area contributed by atoms with Gasteiger partial charge in [-0.2, -0.15) is 0 Å². The Labute approximate surface area is 77.4 Å². The minimum absolute atomic E-state index is 0.290. The summed E-state index contributed by atoms with van der Waals surface area (Å²) >= 11 is -0.705. The molecule has 0 amide bonds. The minimum atomic E-state index is -0.705. The van der Waals surface area contributed by atoms with E-state index in [4.69, 9.17) is 0 Å². The van der Waals surface area contributed by atoms with E-state index in [1.807, 2.05) is 0 Å². The van der Waals surface area contributed by atoms with Crippen molar-refractivity contribution in [1.29, 1.82) is 0 Å². The van der Waals surface area contributed by atoms with Gasteiger partial charge in [0.15, 0.2) is 0 Å². The summed E-state index contributed by atoms with van der Waals surface area (Å²) in [6, 6.07) is 0. The van der Waals surface area contributed by atoms with Gasteiger partial charge < -0.3 is 0 Å². The molecule has 2 nitrogen and oxygen atoms in total. The summed E-state index contributed by atoms with van der Waals surface area (Å²) in [6.07, 6.45) is 0. The van der Waals surface area contributed by atoms with E-state index >= 15 is 0 Å². The molecule has 0 fully saturated rings. The van der Waals surface area contributed by atoms with E-state index in [-0.39, 0.29) is 11.1 Å². The quantitative estimate of drug-likeness (QED) is 0.670. The van der Waals surface area contributed by atoms with E-state index in [2.05, 4.69) is 50.1 Å². The number of hydrogen-bond donors (Lipinski definition) is 2. The molecule has 68 valence electrons. The number of hydrogen-bond acceptors (Lipinski definition) is 2. The molecule has 2 N–H and O–H groups in total. The van der Waals surface area contributed by atoms with Crippen molar-refractivity contribution in [3.05, 3.63) is 0 Å². The molecule has 0 atom stereocenters. The van der Waals surface area contributed by atoms with Crippen molar-refractivity contribution < 1.29 is 0 Å². The fourth-order valence-corrected chi connectivity index (χ4v) is 2.99. The monoisotopic (exact) mass is 220 g/mol. The van der Waals surface area contributed by atoms with Crippen LogP contribution < -0.4 is 8.55 Å². The molecule has 3 heteroatoms. The summed E-state index contributed by atoms with van der Waals surface area (Å²) in [5.41, 5.74) is 0.580. The van der Waals surface area contributed by atoms with Crippen LogP contribution in [0, 0.1) is 0 Å². The van der Waals surface area contributed by atoms with Crippen LogP contribution in [-0.2, 0) is 0 Å². The third kappa shape index (κ3) is 10.5. The average molecular weight is 219 g/mol. The first-order valence-electron chi connectivity index (χ1n) is 4.21. The maximum atomic E-state index is 3.55. The summed E-state index contributed by atoms with van der Waals surface area (Å²) in [5.74, 6) is 0. The second kappa shape index (κ2) is 3.92. The summed E-state index contributed by atoms with van der Waals surface area (Å²) in [5, 5.41) is 0. The normalized spacial score (nSPS) is 13.6. The molecule has 0 spiro atoms. The van der Waals surface area contributed by atoms with Gasteiger partial charge in [-0.1, -0.05) is 0 Å². The second-order valence-corrected chi connectivity index (χ2v) is 7.26. The summed E-state index contributed by atoms with van der Waals surface area (Å²) < 4.78 is 7.11. The molecule has 0 unspecified atom stereocenters. The number of nitrogens with one attached hydrogen (secondary N) is 2. The first-order valence-corrected chi connectivity index (χ1v) is 7.17. The van der Waals surface area contributed by atoms with Gasteiger partial charge in [0.05, 0.1) is 0 Å². The first kappa shape index (κ1) is 11.5. The van der Waals surface area contributed by atoms with E-state index in [0.29, 0.717) is 0 Å². The van der Waals surface area contributed by atoms with Crippen LogP contribution in [0.4, 0.5) is 0 Å². The van der Waals surface area contributed by atoms with Crippen LogP contribution in [0.2, 0.25) is 0 Å². The van der Waals surface area contributed by atoms with Gasteiger partial charge in [0.1, 0.15) is 0 Å². The molecule has 0 aromatic rings. The van der Waals surface area contributed by atoms with Crippen LogP contribution in [-0.4, -0.2) is 27.0 Å². The van der Waals surface area contributed by atoms with E-state index in [1.165, 1.54) is 0 Å². The van der Waals surface area contributed by atoms with Gasteiger partial charge in [-0.25, -0.2) is 0 Å². The maximum absolute atomic E-state index is 3.55. The fourth-order valence-electron chi connectivity index (χ4n) is 0.575. The van der Waals surface area contributed by atoms with E-state index in [0.717, 1.165) is 0 Å². The van der Waals surface area contributed by atoms with Crippen molar-refractivity contribution in [2.75, 3.05) is 0 Å². The Morgan fingerprint density at radius 1 is 0.727 bits per heavy atom. The Balaban J connectivity index is 3.44. The molecule has 0 radical (unpaired) electrons. The first-order chi connectivity index (χ1) is 4.71. The van der Waals surface area contributed by atoms with Crippen molar-refractivity contribution in [2.24, 2.45) is 0 Å². The van der Waals surface area contributed by atoms with Crippen molar-refractivity contribution in [1.82, 2.24) is 8.55 Å². The molecular formula is C8H22GeN2. The molecule has 0 bridgehead atoms. The Morgan fingerprint density at radius 2 is 1.00 bits per heavy atom. The standard InChI is InChI=1S/C8H22GeN2/c1-7(2,3)10-9-11-8(4,5)6/h10-11H,9H2,1-6H3. The van der Waals surface area contributed by atoms with Crippen LogP contribution in [0.3, 0.4) is 0 Å². The van der Waals surface area contributed by atoms with Crippen molar-refractivity contribution in [2.45, 2.75) is 52.6 Å². The average Bonchev–Trinajstić information content (AvgIpc) is 1.55. The molecule has 11 heavy (non-hydrogen) atoms. The molecule has 0 aromatic heterocycles. The third-order valence-corrected chi connectivity index (χ3v) is 6.43. The van der Waals surface area contributed by atoms with Gasteiger partial charge in [-0.15, -0.1) is 0 Å². The second-order valence-electron chi connectivity index (χ2n) is 5.03. The SMILES string of the molecule is CC(C)(C)[NH][GeH2][NH]C(C)(C)C. The predicted octanol–water partition coefficient (Wildman–Crippen LogP) is 0.761. The van der Waals surface area contributed by atoms with Crippen LogP contribution >= 0.6 is 0 Å². The van der Waals surface area contributed by atoms with Crippen LogP contribution in [0.25, 0.3) is 0 Å². The molecule has 0 saturated heterocycles. The molecule has 0 aromatic carbocycles. The molecular weight excluding hydrogens is 197 g/mol. The van der Waals surface area contributed by atoms with Gasteiger partial charge in [0.25, 0.3) is 0 Å². The Hall–Kier alpha value is 0.463. The van der Waals surface area contributed by atoms with Crippen LogP contribution in [0.1, 0.15) is 41.5 Å². The zero-order chi connectivity index (χ0) is 9.12. The Bertz CT molecular complexity index is 96.2. The summed E-state index contributed by atoms with van der Waals surface area (Å²) in [7, 11) is 0. The molecule has 0 aliphatic carbocycles. The van der Waals surface area contributed by atoms with E-state index < -0.39 is 15.9 Å². The van der Waals surface area contributed by atoms with E-state index in [9.17, 15) is 0 Å². The van der Waals surface area contributed by atoms with Gasteiger partial charge in [-0.3, -0.25) is 0 Å². The summed E-state index contributed by atoms with van der Waals surface area (Å²) in [4.78, 5) is 0. The van der Waals surface area contributed by atoms with Gasteiger partial charge in [0, 0.05) is 0 Å².